The molecule has 0 spiro atoms. The molecule has 0 unspecified atom stereocenters. The summed E-state index contributed by atoms with van der Waals surface area (Å²) < 4.78 is 18.5. The molecular weight excluding hydrogens is 225 g/mol. The lowest BCUT2D eigenvalue weighted by molar-refractivity contribution is 0.609. The van der Waals surface area contributed by atoms with Crippen LogP contribution in [-0.4, -0.2) is 0 Å². The van der Waals surface area contributed by atoms with E-state index in [1.807, 2.05) is 0 Å². The SMILES string of the molecule is Nc1cc(F)c(Br)c2ccoc12. The summed E-state index contributed by atoms with van der Waals surface area (Å²) in [7, 11) is 0. The van der Waals surface area contributed by atoms with Gasteiger partial charge in [-0.3, -0.25) is 0 Å². The number of nitrogen functional groups attached to an aromatic ring is 1. The number of hydrogen-bond donors (Lipinski definition) is 1. The second-order valence-electron chi connectivity index (χ2n) is 2.42. The van der Waals surface area contributed by atoms with Crippen LogP contribution in [0.1, 0.15) is 0 Å². The molecule has 2 nitrogen and oxygen atoms in total. The first-order valence-electron chi connectivity index (χ1n) is 3.31. The van der Waals surface area contributed by atoms with E-state index in [0.29, 0.717) is 21.1 Å². The minimum atomic E-state index is -0.374. The molecule has 4 heteroatoms. The third kappa shape index (κ3) is 0.914. The molecule has 1 heterocycles. The van der Waals surface area contributed by atoms with Crippen LogP contribution in [0.4, 0.5) is 10.1 Å². The number of rotatable bonds is 0. The molecule has 0 amide bonds. The van der Waals surface area contributed by atoms with Gasteiger partial charge in [-0.1, -0.05) is 0 Å². The van der Waals surface area contributed by atoms with E-state index in [-0.39, 0.29) is 5.82 Å². The zero-order chi connectivity index (χ0) is 8.72. The van der Waals surface area contributed by atoms with Crippen LogP contribution in [0.25, 0.3) is 11.0 Å². The van der Waals surface area contributed by atoms with Crippen molar-refractivity contribution in [3.8, 4) is 0 Å². The van der Waals surface area contributed by atoms with Gasteiger partial charge in [0.2, 0.25) is 0 Å². The first-order chi connectivity index (χ1) is 5.70. The van der Waals surface area contributed by atoms with Crippen LogP contribution in [0, 0.1) is 5.82 Å². The Morgan fingerprint density at radius 3 is 3.00 bits per heavy atom. The highest BCUT2D eigenvalue weighted by Crippen LogP contribution is 2.31. The van der Waals surface area contributed by atoms with E-state index >= 15 is 0 Å². The highest BCUT2D eigenvalue weighted by Gasteiger charge is 2.09. The van der Waals surface area contributed by atoms with Crippen molar-refractivity contribution >= 4 is 32.6 Å². The second-order valence-corrected chi connectivity index (χ2v) is 3.22. The molecule has 2 aromatic rings. The minimum Gasteiger partial charge on any atom is -0.462 e. The van der Waals surface area contributed by atoms with Gasteiger partial charge in [-0.15, -0.1) is 0 Å². The molecule has 1 aromatic carbocycles. The third-order valence-electron chi connectivity index (χ3n) is 1.66. The first kappa shape index (κ1) is 7.61. The molecule has 62 valence electrons. The number of benzene rings is 1. The Morgan fingerprint density at radius 2 is 2.25 bits per heavy atom. The molecule has 0 atom stereocenters. The average molecular weight is 230 g/mol. The maximum absolute atomic E-state index is 13.0. The van der Waals surface area contributed by atoms with E-state index in [9.17, 15) is 4.39 Å². The number of furan rings is 1. The number of anilines is 1. The fourth-order valence-corrected chi connectivity index (χ4v) is 1.53. The van der Waals surface area contributed by atoms with Crippen molar-refractivity contribution in [2.24, 2.45) is 0 Å². The lowest BCUT2D eigenvalue weighted by atomic mass is 10.2. The molecule has 2 N–H and O–H groups in total. The molecule has 2 rings (SSSR count). The molecule has 0 fully saturated rings. The number of nitrogens with two attached hydrogens (primary N) is 1. The summed E-state index contributed by atoms with van der Waals surface area (Å²) in [4.78, 5) is 0. The van der Waals surface area contributed by atoms with Crippen molar-refractivity contribution < 1.29 is 8.81 Å². The molecule has 0 bridgehead atoms. The normalized spacial score (nSPS) is 10.8. The Labute approximate surface area is 76.3 Å². The molecule has 0 radical (unpaired) electrons. The third-order valence-corrected chi connectivity index (χ3v) is 2.46. The van der Waals surface area contributed by atoms with Crippen LogP contribution in [0.2, 0.25) is 0 Å². The lowest BCUT2D eigenvalue weighted by Gasteiger charge is -1.98. The van der Waals surface area contributed by atoms with Gasteiger partial charge >= 0.3 is 0 Å². The Bertz CT molecular complexity index is 438. The van der Waals surface area contributed by atoms with E-state index in [1.54, 1.807) is 6.07 Å². The predicted octanol–water partition coefficient (Wildman–Crippen LogP) is 2.92. The van der Waals surface area contributed by atoms with Crippen molar-refractivity contribution in [1.29, 1.82) is 0 Å². The summed E-state index contributed by atoms with van der Waals surface area (Å²) in [6.07, 6.45) is 1.48. The van der Waals surface area contributed by atoms with Gasteiger partial charge in [0.25, 0.3) is 0 Å². The maximum Gasteiger partial charge on any atom is 0.158 e. The monoisotopic (exact) mass is 229 g/mol. The maximum atomic E-state index is 13.0. The van der Waals surface area contributed by atoms with Crippen molar-refractivity contribution in [3.63, 3.8) is 0 Å². The summed E-state index contributed by atoms with van der Waals surface area (Å²) in [6.45, 7) is 0. The molecule has 0 saturated heterocycles. The largest absolute Gasteiger partial charge is 0.462 e. The molecule has 0 saturated carbocycles. The van der Waals surface area contributed by atoms with E-state index in [4.69, 9.17) is 10.2 Å². The highest BCUT2D eigenvalue weighted by molar-refractivity contribution is 9.10. The van der Waals surface area contributed by atoms with Gasteiger partial charge in [0, 0.05) is 11.5 Å². The highest BCUT2D eigenvalue weighted by atomic mass is 79.9. The number of halogens is 2. The van der Waals surface area contributed by atoms with Gasteiger partial charge in [0.05, 0.1) is 16.4 Å². The van der Waals surface area contributed by atoms with Crippen molar-refractivity contribution in [2.45, 2.75) is 0 Å². The summed E-state index contributed by atoms with van der Waals surface area (Å²) >= 11 is 3.10. The molecule has 0 aliphatic carbocycles. The Kier molecular flexibility index (Phi) is 1.58. The van der Waals surface area contributed by atoms with Crippen LogP contribution in [-0.2, 0) is 0 Å². The van der Waals surface area contributed by atoms with Crippen LogP contribution in [0.5, 0.6) is 0 Å². The standard InChI is InChI=1S/C8H5BrFNO/c9-7-4-1-2-12-8(4)6(11)3-5(7)10/h1-3H,11H2. The Balaban J connectivity index is 2.97. The lowest BCUT2D eigenvalue weighted by Crippen LogP contribution is -1.88. The minimum absolute atomic E-state index is 0.315. The summed E-state index contributed by atoms with van der Waals surface area (Å²) in [5, 5.41) is 0.660. The number of hydrogen-bond acceptors (Lipinski definition) is 2. The molecule has 1 aromatic heterocycles. The van der Waals surface area contributed by atoms with Crippen LogP contribution < -0.4 is 5.73 Å². The van der Waals surface area contributed by atoms with Gasteiger partial charge in [0.15, 0.2) is 5.58 Å². The fourth-order valence-electron chi connectivity index (χ4n) is 1.10. The van der Waals surface area contributed by atoms with Crippen LogP contribution in [0.15, 0.2) is 27.3 Å². The topological polar surface area (TPSA) is 39.2 Å². The van der Waals surface area contributed by atoms with Gasteiger partial charge in [-0.25, -0.2) is 4.39 Å². The van der Waals surface area contributed by atoms with E-state index in [0.717, 1.165) is 0 Å². The smallest absolute Gasteiger partial charge is 0.158 e. The number of fused-ring (bicyclic) bond motifs is 1. The Morgan fingerprint density at radius 1 is 1.50 bits per heavy atom. The van der Waals surface area contributed by atoms with E-state index in [1.165, 1.54) is 12.3 Å². The van der Waals surface area contributed by atoms with Crippen molar-refractivity contribution in [1.82, 2.24) is 0 Å². The van der Waals surface area contributed by atoms with Crippen LogP contribution >= 0.6 is 15.9 Å². The average Bonchev–Trinajstić information content (AvgIpc) is 2.48. The molecule has 0 aliphatic rings. The Hall–Kier alpha value is -1.03. The predicted molar refractivity (Wildman–Crippen MR) is 48.3 cm³/mol. The summed E-state index contributed by atoms with van der Waals surface area (Å²) in [6, 6.07) is 2.90. The molecule has 12 heavy (non-hydrogen) atoms. The quantitative estimate of drug-likeness (QED) is 0.706. The first-order valence-corrected chi connectivity index (χ1v) is 4.10. The van der Waals surface area contributed by atoms with Gasteiger partial charge in [0.1, 0.15) is 5.82 Å². The zero-order valence-corrected chi connectivity index (χ0v) is 7.56. The fraction of sp³-hybridized carbons (Fsp3) is 0. The van der Waals surface area contributed by atoms with Gasteiger partial charge < -0.3 is 10.2 Å². The van der Waals surface area contributed by atoms with E-state index < -0.39 is 0 Å². The van der Waals surface area contributed by atoms with Crippen molar-refractivity contribution in [3.05, 3.63) is 28.7 Å². The second kappa shape index (κ2) is 2.48. The summed E-state index contributed by atoms with van der Waals surface area (Å²) in [5.41, 5.74) is 6.35. The van der Waals surface area contributed by atoms with Gasteiger partial charge in [-0.05, 0) is 22.0 Å². The van der Waals surface area contributed by atoms with Crippen molar-refractivity contribution in [2.75, 3.05) is 5.73 Å². The van der Waals surface area contributed by atoms with Gasteiger partial charge in [-0.2, -0.15) is 0 Å². The molecular formula is C8H5BrFNO. The van der Waals surface area contributed by atoms with E-state index in [2.05, 4.69) is 15.9 Å². The summed E-state index contributed by atoms with van der Waals surface area (Å²) in [5.74, 6) is -0.374. The zero-order valence-electron chi connectivity index (χ0n) is 5.97. The van der Waals surface area contributed by atoms with Crippen LogP contribution in [0.3, 0.4) is 0 Å². The molecule has 0 aliphatic heterocycles.